The van der Waals surface area contributed by atoms with Crippen molar-refractivity contribution in [2.24, 2.45) is 0 Å². The lowest BCUT2D eigenvalue weighted by Crippen LogP contribution is -2.27. The number of amides is 1. The molecule has 2 rings (SSSR count). The van der Waals surface area contributed by atoms with Crippen molar-refractivity contribution in [2.45, 2.75) is 0 Å². The first kappa shape index (κ1) is 7.67. The monoisotopic (exact) mass is 174 g/mol. The third-order valence-corrected chi connectivity index (χ3v) is 1.95. The molecule has 1 aliphatic heterocycles. The number of rotatable bonds is 1. The number of fused-ring (bicyclic) bond motifs is 1. The minimum Gasteiger partial charge on any atom is -0.291 e. The lowest BCUT2D eigenvalue weighted by atomic mass is 10.1. The topological polar surface area (TPSA) is 61.2 Å². The SMILES string of the molecule is N=CN1C(=O)C(=O)c2ccccc21. The molecule has 0 saturated carbocycles. The number of hydrogen-bond donors (Lipinski definition) is 1. The Kier molecular flexibility index (Phi) is 1.48. The van der Waals surface area contributed by atoms with Crippen LogP contribution in [0.1, 0.15) is 10.4 Å². The molecule has 1 amide bonds. The van der Waals surface area contributed by atoms with Crippen LogP contribution in [0.25, 0.3) is 0 Å². The van der Waals surface area contributed by atoms with Gasteiger partial charge >= 0.3 is 5.91 Å². The van der Waals surface area contributed by atoms with Gasteiger partial charge < -0.3 is 0 Å². The summed E-state index contributed by atoms with van der Waals surface area (Å²) < 4.78 is 0. The Morgan fingerprint density at radius 3 is 2.62 bits per heavy atom. The largest absolute Gasteiger partial charge is 0.304 e. The van der Waals surface area contributed by atoms with E-state index in [4.69, 9.17) is 5.41 Å². The van der Waals surface area contributed by atoms with Gasteiger partial charge in [0.15, 0.2) is 0 Å². The molecule has 0 unspecified atom stereocenters. The maximum absolute atomic E-state index is 11.3. The molecule has 1 heterocycles. The van der Waals surface area contributed by atoms with Crippen LogP contribution in [-0.2, 0) is 4.79 Å². The second-order valence-electron chi connectivity index (χ2n) is 2.65. The molecule has 64 valence electrons. The average molecular weight is 174 g/mol. The summed E-state index contributed by atoms with van der Waals surface area (Å²) >= 11 is 0. The Labute approximate surface area is 74.3 Å². The third kappa shape index (κ3) is 0.885. The van der Waals surface area contributed by atoms with Crippen molar-refractivity contribution in [3.05, 3.63) is 29.8 Å². The van der Waals surface area contributed by atoms with Gasteiger partial charge in [0.05, 0.1) is 17.6 Å². The van der Waals surface area contributed by atoms with Gasteiger partial charge in [0.2, 0.25) is 0 Å². The first-order valence-electron chi connectivity index (χ1n) is 3.73. The van der Waals surface area contributed by atoms with E-state index in [2.05, 4.69) is 0 Å². The summed E-state index contributed by atoms with van der Waals surface area (Å²) in [5.41, 5.74) is 0.864. The van der Waals surface area contributed by atoms with Gasteiger partial charge in [0, 0.05) is 0 Å². The minimum absolute atomic E-state index is 0.371. The van der Waals surface area contributed by atoms with Gasteiger partial charge in [-0.25, -0.2) is 0 Å². The van der Waals surface area contributed by atoms with Gasteiger partial charge in [-0.15, -0.1) is 0 Å². The fourth-order valence-electron chi connectivity index (χ4n) is 1.34. The number of ketones is 1. The summed E-state index contributed by atoms with van der Waals surface area (Å²) in [6.07, 6.45) is 0.853. The Morgan fingerprint density at radius 1 is 1.23 bits per heavy atom. The van der Waals surface area contributed by atoms with E-state index in [1.807, 2.05) is 0 Å². The van der Waals surface area contributed by atoms with E-state index in [1.165, 1.54) is 0 Å². The van der Waals surface area contributed by atoms with Crippen LogP contribution in [0.5, 0.6) is 0 Å². The van der Waals surface area contributed by atoms with Crippen LogP contribution < -0.4 is 4.90 Å². The number of carbonyl (C=O) groups excluding carboxylic acids is 2. The Morgan fingerprint density at radius 2 is 1.92 bits per heavy atom. The van der Waals surface area contributed by atoms with Gasteiger partial charge in [-0.2, -0.15) is 0 Å². The average Bonchev–Trinajstić information content (AvgIpc) is 2.41. The van der Waals surface area contributed by atoms with Crippen LogP contribution in [0.3, 0.4) is 0 Å². The van der Waals surface area contributed by atoms with E-state index in [0.29, 0.717) is 11.3 Å². The molecule has 4 heteroatoms. The molecule has 0 atom stereocenters. The summed E-state index contributed by atoms with van der Waals surface area (Å²) in [7, 11) is 0. The van der Waals surface area contributed by atoms with Crippen LogP contribution in [0.4, 0.5) is 5.69 Å². The highest BCUT2D eigenvalue weighted by Crippen LogP contribution is 2.26. The molecule has 1 aromatic rings. The van der Waals surface area contributed by atoms with Crippen molar-refractivity contribution in [2.75, 3.05) is 4.90 Å². The summed E-state index contributed by atoms with van der Waals surface area (Å²) in [6.45, 7) is 0. The van der Waals surface area contributed by atoms with E-state index in [1.54, 1.807) is 24.3 Å². The summed E-state index contributed by atoms with van der Waals surface area (Å²) in [4.78, 5) is 23.5. The second-order valence-corrected chi connectivity index (χ2v) is 2.65. The molecule has 0 saturated heterocycles. The van der Waals surface area contributed by atoms with Gasteiger partial charge in [0.25, 0.3) is 5.78 Å². The quantitative estimate of drug-likeness (QED) is 0.389. The number of Topliss-reactive ketones (excluding diaryl/α,β-unsaturated/α-hetero) is 1. The molecule has 4 nitrogen and oxygen atoms in total. The molecular weight excluding hydrogens is 168 g/mol. The number of nitrogens with one attached hydrogen (secondary N) is 1. The summed E-state index contributed by atoms with van der Waals surface area (Å²) in [6, 6.07) is 6.64. The number of carbonyl (C=O) groups is 2. The van der Waals surface area contributed by atoms with Crippen LogP contribution >= 0.6 is 0 Å². The Balaban J connectivity index is 2.66. The van der Waals surface area contributed by atoms with Gasteiger partial charge in [0.1, 0.15) is 0 Å². The highest BCUT2D eigenvalue weighted by atomic mass is 16.2. The standard InChI is InChI=1S/C9H6N2O2/c10-5-11-7-4-2-1-3-6(7)8(12)9(11)13/h1-5,10H. The van der Waals surface area contributed by atoms with E-state index in [-0.39, 0.29) is 0 Å². The zero-order chi connectivity index (χ0) is 9.42. The molecule has 1 aliphatic rings. The summed E-state index contributed by atoms with van der Waals surface area (Å²) in [5.74, 6) is -1.20. The molecule has 0 spiro atoms. The number of hydrogen-bond acceptors (Lipinski definition) is 3. The number of nitrogens with zero attached hydrogens (tertiary/aromatic N) is 1. The first-order valence-corrected chi connectivity index (χ1v) is 3.73. The number of anilines is 1. The molecular formula is C9H6N2O2. The number of benzene rings is 1. The zero-order valence-electron chi connectivity index (χ0n) is 6.65. The highest BCUT2D eigenvalue weighted by molar-refractivity contribution is 6.55. The molecule has 1 N–H and O–H groups in total. The fourth-order valence-corrected chi connectivity index (χ4v) is 1.34. The molecule has 0 radical (unpaired) electrons. The van der Waals surface area contributed by atoms with Gasteiger partial charge in [-0.05, 0) is 12.1 Å². The van der Waals surface area contributed by atoms with E-state index < -0.39 is 11.7 Å². The summed E-state index contributed by atoms with van der Waals surface area (Å²) in [5, 5.41) is 6.98. The van der Waals surface area contributed by atoms with E-state index >= 15 is 0 Å². The van der Waals surface area contributed by atoms with Crippen molar-refractivity contribution in [3.8, 4) is 0 Å². The molecule has 0 aromatic heterocycles. The van der Waals surface area contributed by atoms with Crippen LogP contribution in [0.15, 0.2) is 24.3 Å². The zero-order valence-corrected chi connectivity index (χ0v) is 6.65. The van der Waals surface area contributed by atoms with Crippen LogP contribution in [-0.4, -0.2) is 18.0 Å². The van der Waals surface area contributed by atoms with Gasteiger partial charge in [-0.3, -0.25) is 19.9 Å². The second kappa shape index (κ2) is 2.52. The Bertz CT molecular complexity index is 412. The van der Waals surface area contributed by atoms with Crippen molar-refractivity contribution >= 4 is 23.7 Å². The molecule has 1 aromatic carbocycles. The lowest BCUT2D eigenvalue weighted by Gasteiger charge is -2.06. The van der Waals surface area contributed by atoms with Crippen molar-refractivity contribution in [1.29, 1.82) is 5.41 Å². The smallest absolute Gasteiger partial charge is 0.291 e. The molecule has 0 fully saturated rings. The van der Waals surface area contributed by atoms with E-state index in [0.717, 1.165) is 11.2 Å². The maximum Gasteiger partial charge on any atom is 0.304 e. The Hall–Kier alpha value is -1.97. The fraction of sp³-hybridized carbons (Fsp3) is 0. The van der Waals surface area contributed by atoms with Gasteiger partial charge in [-0.1, -0.05) is 12.1 Å². The minimum atomic E-state index is -0.656. The molecule has 13 heavy (non-hydrogen) atoms. The van der Waals surface area contributed by atoms with Crippen LogP contribution in [0, 0.1) is 5.41 Å². The van der Waals surface area contributed by atoms with Crippen molar-refractivity contribution < 1.29 is 9.59 Å². The third-order valence-electron chi connectivity index (χ3n) is 1.95. The molecule has 0 aliphatic carbocycles. The van der Waals surface area contributed by atoms with Crippen molar-refractivity contribution in [1.82, 2.24) is 0 Å². The first-order chi connectivity index (χ1) is 6.25. The predicted octanol–water partition coefficient (Wildman–Crippen LogP) is 0.823. The highest BCUT2D eigenvalue weighted by Gasteiger charge is 2.34. The number of para-hydroxylation sites is 1. The van der Waals surface area contributed by atoms with Crippen LogP contribution in [0.2, 0.25) is 0 Å². The predicted molar refractivity (Wildman–Crippen MR) is 47.0 cm³/mol. The normalized spacial score (nSPS) is 14.6. The maximum atomic E-state index is 11.3. The van der Waals surface area contributed by atoms with Crippen molar-refractivity contribution in [3.63, 3.8) is 0 Å². The van der Waals surface area contributed by atoms with E-state index in [9.17, 15) is 9.59 Å². The lowest BCUT2D eigenvalue weighted by molar-refractivity contribution is -0.113. The molecule has 0 bridgehead atoms.